The fraction of sp³-hybridized carbons (Fsp3) is 1.00. The quantitative estimate of drug-likeness (QED) is 0.672. The van der Waals surface area contributed by atoms with Crippen LogP contribution in [0.25, 0.3) is 0 Å². The summed E-state index contributed by atoms with van der Waals surface area (Å²) in [5, 5.41) is 3.25. The van der Waals surface area contributed by atoms with Crippen LogP contribution in [-0.2, 0) is 0 Å². The van der Waals surface area contributed by atoms with Gasteiger partial charge < -0.3 is 10.2 Å². The maximum Gasteiger partial charge on any atom is 0.128 e. The molecule has 0 radical (unpaired) electrons. The molecule has 1 saturated heterocycles. The van der Waals surface area contributed by atoms with E-state index in [0.717, 1.165) is 13.0 Å². The summed E-state index contributed by atoms with van der Waals surface area (Å²) >= 11 is 0. The standard InChI is InChI=1S/C9H19FN2/c1-7(2)11-9-4-5-12(3)6-8(9)10/h7-9,11H,4-6H2,1-3H3/t8-,9+/m0/s1. The van der Waals surface area contributed by atoms with Crippen LogP contribution in [0.5, 0.6) is 0 Å². The number of alkyl halides is 1. The van der Waals surface area contributed by atoms with Crippen LogP contribution in [0, 0.1) is 0 Å². The zero-order valence-electron chi connectivity index (χ0n) is 8.18. The zero-order valence-corrected chi connectivity index (χ0v) is 8.18. The lowest BCUT2D eigenvalue weighted by molar-refractivity contribution is 0.118. The van der Waals surface area contributed by atoms with Gasteiger partial charge in [-0.2, -0.15) is 0 Å². The number of hydrogen-bond acceptors (Lipinski definition) is 2. The first-order valence-corrected chi connectivity index (χ1v) is 4.68. The molecule has 72 valence electrons. The molecule has 0 aromatic heterocycles. The highest BCUT2D eigenvalue weighted by Crippen LogP contribution is 2.12. The van der Waals surface area contributed by atoms with Gasteiger partial charge >= 0.3 is 0 Å². The lowest BCUT2D eigenvalue weighted by Crippen LogP contribution is -2.51. The first-order chi connectivity index (χ1) is 5.59. The van der Waals surface area contributed by atoms with Gasteiger partial charge in [0.2, 0.25) is 0 Å². The van der Waals surface area contributed by atoms with Gasteiger partial charge in [-0.05, 0) is 20.0 Å². The lowest BCUT2D eigenvalue weighted by atomic mass is 10.0. The minimum absolute atomic E-state index is 0.0706. The number of hydrogen-bond donors (Lipinski definition) is 1. The Bertz CT molecular complexity index is 138. The third-order valence-electron chi connectivity index (χ3n) is 2.29. The van der Waals surface area contributed by atoms with Crippen molar-refractivity contribution < 1.29 is 4.39 Å². The Morgan fingerprint density at radius 2 is 2.17 bits per heavy atom. The molecule has 1 N–H and O–H groups in total. The van der Waals surface area contributed by atoms with Gasteiger partial charge in [0.25, 0.3) is 0 Å². The molecule has 0 amide bonds. The van der Waals surface area contributed by atoms with Crippen molar-refractivity contribution in [1.29, 1.82) is 0 Å². The van der Waals surface area contributed by atoms with Crippen LogP contribution in [0.15, 0.2) is 0 Å². The molecule has 1 aliphatic rings. The van der Waals surface area contributed by atoms with Crippen LogP contribution in [0.1, 0.15) is 20.3 Å². The predicted octanol–water partition coefficient (Wildman–Crippen LogP) is 1.03. The average Bonchev–Trinajstić information content (AvgIpc) is 1.94. The van der Waals surface area contributed by atoms with E-state index in [-0.39, 0.29) is 6.04 Å². The zero-order chi connectivity index (χ0) is 9.14. The summed E-state index contributed by atoms with van der Waals surface area (Å²) in [7, 11) is 1.97. The topological polar surface area (TPSA) is 15.3 Å². The second kappa shape index (κ2) is 4.19. The van der Waals surface area contributed by atoms with Crippen LogP contribution >= 0.6 is 0 Å². The van der Waals surface area contributed by atoms with Crippen molar-refractivity contribution in [2.75, 3.05) is 20.1 Å². The van der Waals surface area contributed by atoms with Crippen molar-refractivity contribution in [3.63, 3.8) is 0 Å². The lowest BCUT2D eigenvalue weighted by Gasteiger charge is -2.33. The van der Waals surface area contributed by atoms with Crippen LogP contribution < -0.4 is 5.32 Å². The molecular weight excluding hydrogens is 155 g/mol. The Balaban J connectivity index is 2.34. The minimum atomic E-state index is -0.703. The molecular formula is C9H19FN2. The molecule has 0 aromatic rings. The van der Waals surface area contributed by atoms with E-state index in [1.54, 1.807) is 0 Å². The van der Waals surface area contributed by atoms with Gasteiger partial charge in [-0.3, -0.25) is 0 Å². The molecule has 0 spiro atoms. The van der Waals surface area contributed by atoms with E-state index in [2.05, 4.69) is 19.2 Å². The number of halogens is 1. The molecule has 3 heteroatoms. The van der Waals surface area contributed by atoms with E-state index < -0.39 is 6.17 Å². The highest BCUT2D eigenvalue weighted by atomic mass is 19.1. The third-order valence-corrected chi connectivity index (χ3v) is 2.29. The van der Waals surface area contributed by atoms with E-state index in [9.17, 15) is 4.39 Å². The average molecular weight is 174 g/mol. The van der Waals surface area contributed by atoms with Gasteiger partial charge in [-0.25, -0.2) is 4.39 Å². The first-order valence-electron chi connectivity index (χ1n) is 4.68. The number of likely N-dealkylation sites (tertiary alicyclic amines) is 1. The molecule has 0 unspecified atom stereocenters. The van der Waals surface area contributed by atoms with Gasteiger partial charge in [-0.15, -0.1) is 0 Å². The van der Waals surface area contributed by atoms with E-state index >= 15 is 0 Å². The molecule has 1 aliphatic heterocycles. The molecule has 0 saturated carbocycles. The first kappa shape index (κ1) is 9.93. The van der Waals surface area contributed by atoms with Crippen molar-refractivity contribution in [3.05, 3.63) is 0 Å². The summed E-state index contributed by atoms with van der Waals surface area (Å²) < 4.78 is 13.4. The van der Waals surface area contributed by atoms with Gasteiger partial charge in [0.05, 0.1) is 0 Å². The van der Waals surface area contributed by atoms with Gasteiger partial charge in [0, 0.05) is 18.6 Å². The SMILES string of the molecule is CC(C)N[C@@H]1CCN(C)C[C@@H]1F. The van der Waals surface area contributed by atoms with Gasteiger partial charge in [-0.1, -0.05) is 13.8 Å². The fourth-order valence-corrected chi connectivity index (χ4v) is 1.67. The summed E-state index contributed by atoms with van der Waals surface area (Å²) in [6, 6.07) is 0.456. The maximum absolute atomic E-state index is 13.4. The fourth-order valence-electron chi connectivity index (χ4n) is 1.67. The molecule has 0 aliphatic carbocycles. The molecule has 12 heavy (non-hydrogen) atoms. The molecule has 0 bridgehead atoms. The van der Waals surface area contributed by atoms with E-state index in [0.29, 0.717) is 12.6 Å². The highest BCUT2D eigenvalue weighted by molar-refractivity contribution is 4.84. The van der Waals surface area contributed by atoms with Gasteiger partial charge in [0.15, 0.2) is 0 Å². The number of piperidine rings is 1. The Labute approximate surface area is 74.1 Å². The minimum Gasteiger partial charge on any atom is -0.309 e. The van der Waals surface area contributed by atoms with Crippen LogP contribution in [0.4, 0.5) is 4.39 Å². The number of rotatable bonds is 2. The van der Waals surface area contributed by atoms with Crippen molar-refractivity contribution >= 4 is 0 Å². The van der Waals surface area contributed by atoms with Crippen molar-refractivity contribution in [1.82, 2.24) is 10.2 Å². The molecule has 0 aromatic carbocycles. The van der Waals surface area contributed by atoms with Gasteiger partial charge in [0.1, 0.15) is 6.17 Å². The summed E-state index contributed by atoms with van der Waals surface area (Å²) in [6.45, 7) is 5.70. The summed E-state index contributed by atoms with van der Waals surface area (Å²) in [4.78, 5) is 2.04. The smallest absolute Gasteiger partial charge is 0.128 e. The van der Waals surface area contributed by atoms with Crippen LogP contribution in [-0.4, -0.2) is 43.3 Å². The molecule has 2 nitrogen and oxygen atoms in total. The van der Waals surface area contributed by atoms with Crippen molar-refractivity contribution in [2.45, 2.75) is 38.5 Å². The largest absolute Gasteiger partial charge is 0.309 e. The van der Waals surface area contributed by atoms with Crippen LogP contribution in [0.2, 0.25) is 0 Å². The molecule has 1 heterocycles. The van der Waals surface area contributed by atoms with E-state index in [4.69, 9.17) is 0 Å². The highest BCUT2D eigenvalue weighted by Gasteiger charge is 2.27. The second-order valence-corrected chi connectivity index (χ2v) is 3.99. The Morgan fingerprint density at radius 3 is 2.67 bits per heavy atom. The van der Waals surface area contributed by atoms with E-state index in [1.165, 1.54) is 0 Å². The second-order valence-electron chi connectivity index (χ2n) is 3.99. The maximum atomic E-state index is 13.4. The van der Waals surface area contributed by atoms with Crippen molar-refractivity contribution in [2.24, 2.45) is 0 Å². The van der Waals surface area contributed by atoms with Crippen LogP contribution in [0.3, 0.4) is 0 Å². The third kappa shape index (κ3) is 2.72. The molecule has 2 atom stereocenters. The Kier molecular flexibility index (Phi) is 3.47. The Hall–Kier alpha value is -0.150. The Morgan fingerprint density at radius 1 is 1.50 bits per heavy atom. The monoisotopic (exact) mass is 174 g/mol. The summed E-state index contributed by atoms with van der Waals surface area (Å²) in [5.74, 6) is 0. The summed E-state index contributed by atoms with van der Waals surface area (Å²) in [6.07, 6.45) is 0.224. The number of nitrogens with one attached hydrogen (secondary N) is 1. The summed E-state index contributed by atoms with van der Waals surface area (Å²) in [5.41, 5.74) is 0. The van der Waals surface area contributed by atoms with E-state index in [1.807, 2.05) is 11.9 Å². The van der Waals surface area contributed by atoms with Crippen molar-refractivity contribution in [3.8, 4) is 0 Å². The normalized spacial score (nSPS) is 32.8. The molecule has 1 rings (SSSR count). The molecule has 1 fully saturated rings. The predicted molar refractivity (Wildman–Crippen MR) is 49.1 cm³/mol. The number of nitrogens with zero attached hydrogens (tertiary/aromatic N) is 1.